The van der Waals surface area contributed by atoms with E-state index in [1.165, 1.54) is 12.1 Å². The minimum atomic E-state index is -0.255. The summed E-state index contributed by atoms with van der Waals surface area (Å²) in [6, 6.07) is 13.7. The summed E-state index contributed by atoms with van der Waals surface area (Å²) in [4.78, 5) is 8.55. The van der Waals surface area contributed by atoms with E-state index in [1.54, 1.807) is 47.8 Å². The van der Waals surface area contributed by atoms with Crippen LogP contribution in [0, 0.1) is 11.6 Å². The van der Waals surface area contributed by atoms with Crippen LogP contribution >= 0.6 is 0 Å². The molecule has 0 unspecified atom stereocenters. The topological polar surface area (TPSA) is 148 Å². The number of nitrogens with one attached hydrogen (secondary N) is 3. The predicted octanol–water partition coefficient (Wildman–Crippen LogP) is 5.88. The van der Waals surface area contributed by atoms with E-state index in [2.05, 4.69) is 56.3 Å². The van der Waals surface area contributed by atoms with Crippen LogP contribution in [-0.4, -0.2) is 63.4 Å². The smallest absolute Gasteiger partial charge is 0.148 e. The third-order valence-corrected chi connectivity index (χ3v) is 9.48. The molecule has 6 aromatic heterocycles. The summed E-state index contributed by atoms with van der Waals surface area (Å²) in [5.41, 5.74) is 3.93. The first-order valence-electron chi connectivity index (χ1n) is 16.3. The molecule has 2 saturated carbocycles. The monoisotopic (exact) mass is 662 g/mol. The summed E-state index contributed by atoms with van der Waals surface area (Å²) in [6.07, 6.45) is 16.3. The fourth-order valence-corrected chi connectivity index (χ4v) is 6.38. The Morgan fingerprint density at radius 3 is 1.65 bits per heavy atom. The second-order valence-corrected chi connectivity index (χ2v) is 12.6. The Kier molecular flexibility index (Phi) is 9.01. The van der Waals surface area contributed by atoms with E-state index in [9.17, 15) is 8.78 Å². The number of aryl methyl sites for hydroxylation is 1. The molecule has 0 aromatic carbocycles. The highest BCUT2D eigenvalue weighted by molar-refractivity contribution is 5.58. The van der Waals surface area contributed by atoms with Gasteiger partial charge in [-0.25, -0.2) is 8.78 Å². The molecule has 14 heteroatoms. The quantitative estimate of drug-likeness (QED) is 0.162. The van der Waals surface area contributed by atoms with Crippen LogP contribution in [0.15, 0.2) is 85.7 Å². The van der Waals surface area contributed by atoms with Gasteiger partial charge in [0, 0.05) is 66.9 Å². The van der Waals surface area contributed by atoms with Crippen molar-refractivity contribution >= 4 is 11.6 Å². The van der Waals surface area contributed by atoms with Crippen LogP contribution in [0.25, 0.3) is 22.5 Å². The molecule has 0 saturated heterocycles. The summed E-state index contributed by atoms with van der Waals surface area (Å²) in [5, 5.41) is 34.2. The normalized spacial score (nSPS) is 15.7. The number of H-pyrrole nitrogens is 1. The zero-order valence-corrected chi connectivity index (χ0v) is 27.0. The Morgan fingerprint density at radius 2 is 1.27 bits per heavy atom. The molecule has 8 rings (SSSR count). The maximum atomic E-state index is 14.1. The molecule has 0 bridgehead atoms. The van der Waals surface area contributed by atoms with E-state index in [4.69, 9.17) is 0 Å². The molecular formula is C35H36F2N12. The number of anilines is 2. The first-order chi connectivity index (χ1) is 23.9. The van der Waals surface area contributed by atoms with Gasteiger partial charge < -0.3 is 10.6 Å². The van der Waals surface area contributed by atoms with Gasteiger partial charge in [0.1, 0.15) is 23.3 Å². The summed E-state index contributed by atoms with van der Waals surface area (Å²) < 4.78 is 30.0. The van der Waals surface area contributed by atoms with E-state index in [-0.39, 0.29) is 22.5 Å². The number of hydrogen-bond acceptors (Lipinski definition) is 10. The van der Waals surface area contributed by atoms with E-state index in [1.807, 2.05) is 37.5 Å². The van der Waals surface area contributed by atoms with Gasteiger partial charge in [0.25, 0.3) is 0 Å². The largest absolute Gasteiger partial charge is 0.368 e. The zero-order chi connectivity index (χ0) is 33.7. The van der Waals surface area contributed by atoms with Crippen LogP contribution < -0.4 is 10.6 Å². The van der Waals surface area contributed by atoms with Gasteiger partial charge in [-0.1, -0.05) is 12.8 Å². The lowest BCUT2D eigenvalue weighted by Gasteiger charge is -2.41. The minimum absolute atomic E-state index is 0.234. The van der Waals surface area contributed by atoms with Gasteiger partial charge in [-0.2, -0.15) is 10.2 Å². The molecule has 0 spiro atoms. The molecule has 2 fully saturated rings. The molecule has 0 atom stereocenters. The van der Waals surface area contributed by atoms with Crippen molar-refractivity contribution in [3.05, 3.63) is 109 Å². The Hall–Kier alpha value is -5.66. The number of halogens is 2. The molecular weight excluding hydrogens is 626 g/mol. The molecule has 6 heterocycles. The third-order valence-electron chi connectivity index (χ3n) is 9.48. The van der Waals surface area contributed by atoms with Crippen LogP contribution in [-0.2, 0) is 17.9 Å². The molecule has 3 N–H and O–H groups in total. The summed E-state index contributed by atoms with van der Waals surface area (Å²) in [5.74, 6) is 0.877. The van der Waals surface area contributed by atoms with Crippen LogP contribution in [0.4, 0.5) is 20.4 Å². The summed E-state index contributed by atoms with van der Waals surface area (Å²) in [7, 11) is 1.86. The van der Waals surface area contributed by atoms with E-state index in [0.29, 0.717) is 36.1 Å². The molecule has 2 aliphatic rings. The lowest BCUT2D eigenvalue weighted by molar-refractivity contribution is 0.243. The van der Waals surface area contributed by atoms with Gasteiger partial charge in [0.05, 0.1) is 35.2 Å². The molecule has 0 amide bonds. The Labute approximate surface area is 281 Å². The van der Waals surface area contributed by atoms with Gasteiger partial charge in [-0.05, 0) is 74.2 Å². The molecule has 12 nitrogen and oxygen atoms in total. The predicted molar refractivity (Wildman–Crippen MR) is 180 cm³/mol. The molecule has 250 valence electrons. The average Bonchev–Trinajstić information content (AvgIpc) is 3.79. The first-order valence-corrected chi connectivity index (χ1v) is 16.3. The second-order valence-electron chi connectivity index (χ2n) is 12.6. The maximum Gasteiger partial charge on any atom is 0.148 e. The van der Waals surface area contributed by atoms with Gasteiger partial charge in [-0.15, -0.1) is 20.4 Å². The number of aromatic nitrogens is 10. The third kappa shape index (κ3) is 6.84. The van der Waals surface area contributed by atoms with Crippen molar-refractivity contribution in [2.45, 2.75) is 49.4 Å². The molecule has 0 aliphatic heterocycles. The van der Waals surface area contributed by atoms with E-state index in [0.717, 1.165) is 61.0 Å². The Balaban J connectivity index is 0.000000154. The van der Waals surface area contributed by atoms with Crippen molar-refractivity contribution in [3.8, 4) is 22.5 Å². The van der Waals surface area contributed by atoms with Crippen molar-refractivity contribution in [1.82, 2.24) is 50.3 Å². The summed E-state index contributed by atoms with van der Waals surface area (Å²) >= 11 is 0. The Bertz CT molecular complexity index is 1970. The highest BCUT2D eigenvalue weighted by atomic mass is 19.1. The average molecular weight is 663 g/mol. The van der Waals surface area contributed by atoms with Gasteiger partial charge in [-0.3, -0.25) is 19.7 Å². The zero-order valence-electron chi connectivity index (χ0n) is 27.0. The van der Waals surface area contributed by atoms with Gasteiger partial charge in [0.2, 0.25) is 0 Å². The maximum absolute atomic E-state index is 14.1. The number of nitrogens with zero attached hydrogens (tertiary/aromatic N) is 9. The van der Waals surface area contributed by atoms with Crippen LogP contribution in [0.3, 0.4) is 0 Å². The highest BCUT2D eigenvalue weighted by Crippen LogP contribution is 2.44. The van der Waals surface area contributed by atoms with Crippen molar-refractivity contribution in [3.63, 3.8) is 0 Å². The van der Waals surface area contributed by atoms with Gasteiger partial charge >= 0.3 is 0 Å². The van der Waals surface area contributed by atoms with E-state index >= 15 is 0 Å². The number of aromatic amines is 1. The molecule has 49 heavy (non-hydrogen) atoms. The van der Waals surface area contributed by atoms with Crippen LogP contribution in [0.2, 0.25) is 0 Å². The van der Waals surface area contributed by atoms with E-state index < -0.39 is 0 Å². The Morgan fingerprint density at radius 1 is 0.714 bits per heavy atom. The highest BCUT2D eigenvalue weighted by Gasteiger charge is 2.42. The molecule has 6 aromatic rings. The SMILES string of the molecule is Cn1cc(-c2ccc(NCC3(c4ncccc4F)CCC3)nn2)cn1.Fc1cccnc1C1(CNc2ccc(-c3cn[nH]c3)nn2)CCC1. The fraction of sp³-hybridized carbons (Fsp3) is 0.314. The van der Waals surface area contributed by atoms with Crippen LogP contribution in [0.5, 0.6) is 0 Å². The lowest BCUT2D eigenvalue weighted by Crippen LogP contribution is -2.42. The molecule has 2 aliphatic carbocycles. The lowest BCUT2D eigenvalue weighted by atomic mass is 9.66. The standard InChI is InChI=1S/C18H19FN6.C17H17FN6/c1-25-11-13(10-22-25)15-5-6-16(24-23-15)21-12-18(7-3-8-18)17-14(19)4-2-9-20-17;18-13-3-1-8-19-16(13)17(6-2-7-17)11-20-15-5-4-14(23-24-15)12-9-21-22-10-12/h2,4-6,9-11H,3,7-8,12H2,1H3,(H,21,24);1,3-5,8-10H,2,6-7,11H2,(H,20,24)(H,21,22). The second kappa shape index (κ2) is 13.8. The van der Waals surface area contributed by atoms with Crippen molar-refractivity contribution in [2.24, 2.45) is 7.05 Å². The number of rotatable bonds is 10. The minimum Gasteiger partial charge on any atom is -0.368 e. The van der Waals surface area contributed by atoms with Gasteiger partial charge in [0.15, 0.2) is 0 Å². The fourth-order valence-electron chi connectivity index (χ4n) is 6.38. The number of pyridine rings is 2. The summed E-state index contributed by atoms with van der Waals surface area (Å²) in [6.45, 7) is 1.20. The van der Waals surface area contributed by atoms with Crippen LogP contribution in [0.1, 0.15) is 49.9 Å². The van der Waals surface area contributed by atoms with Crippen molar-refractivity contribution < 1.29 is 8.78 Å². The van der Waals surface area contributed by atoms with Crippen molar-refractivity contribution in [2.75, 3.05) is 23.7 Å². The number of hydrogen-bond donors (Lipinski definition) is 3. The molecule has 0 radical (unpaired) electrons. The first kappa shape index (κ1) is 31.9. The van der Waals surface area contributed by atoms with Crippen molar-refractivity contribution in [1.29, 1.82) is 0 Å².